The van der Waals surface area contributed by atoms with Gasteiger partial charge < -0.3 is 35.2 Å². The SMILES string of the molecule is NC(Cc1ccc(O)cc1)C(=O)O.O=P([O-])([O-])[O-].[Na+].[Na+].[Na+]. The van der Waals surface area contributed by atoms with Crippen molar-refractivity contribution in [3.8, 4) is 5.75 Å². The summed E-state index contributed by atoms with van der Waals surface area (Å²) in [6, 6.07) is 5.42. The van der Waals surface area contributed by atoms with Crippen LogP contribution in [0.25, 0.3) is 0 Å². The molecule has 0 bridgehead atoms. The van der Waals surface area contributed by atoms with Gasteiger partial charge in [-0.1, -0.05) is 12.1 Å². The number of phenols is 1. The number of carbonyl (C=O) groups is 1. The van der Waals surface area contributed by atoms with Gasteiger partial charge in [0.15, 0.2) is 0 Å². The second-order valence-electron chi connectivity index (χ2n) is 3.26. The molecule has 1 rings (SSSR count). The van der Waals surface area contributed by atoms with Gasteiger partial charge in [-0.05, 0) is 24.1 Å². The summed E-state index contributed by atoms with van der Waals surface area (Å²) >= 11 is 0. The zero-order valence-corrected chi connectivity index (χ0v) is 18.9. The fraction of sp³-hybridized carbons (Fsp3) is 0.222. The van der Waals surface area contributed by atoms with Crippen molar-refractivity contribution in [3.63, 3.8) is 0 Å². The van der Waals surface area contributed by atoms with E-state index in [0.717, 1.165) is 5.56 Å². The number of hydrogen-bond donors (Lipinski definition) is 3. The largest absolute Gasteiger partial charge is 1.00 e. The average molecular weight is 345 g/mol. The van der Waals surface area contributed by atoms with Crippen LogP contribution in [-0.4, -0.2) is 22.2 Å². The Kier molecular flexibility index (Phi) is 21.9. The van der Waals surface area contributed by atoms with Crippen molar-refractivity contribution >= 4 is 13.8 Å². The predicted molar refractivity (Wildman–Crippen MR) is 55.0 cm³/mol. The molecule has 0 saturated heterocycles. The van der Waals surface area contributed by atoms with Crippen molar-refractivity contribution in [2.24, 2.45) is 5.73 Å². The third kappa shape index (κ3) is 21.6. The Hall–Kier alpha value is 1.56. The van der Waals surface area contributed by atoms with Crippen molar-refractivity contribution in [3.05, 3.63) is 29.8 Å². The molecule has 0 aliphatic rings. The fourth-order valence-electron chi connectivity index (χ4n) is 0.973. The number of aliphatic carboxylic acids is 1. The van der Waals surface area contributed by atoms with E-state index in [1.165, 1.54) is 12.1 Å². The molecule has 1 aromatic carbocycles. The van der Waals surface area contributed by atoms with E-state index >= 15 is 0 Å². The summed E-state index contributed by atoms with van der Waals surface area (Å²) in [7, 11) is -5.39. The quantitative estimate of drug-likeness (QED) is 0.358. The van der Waals surface area contributed by atoms with Gasteiger partial charge in [0.05, 0.1) is 0 Å². The molecule has 0 heterocycles. The van der Waals surface area contributed by atoms with Crippen LogP contribution in [-0.2, 0) is 15.8 Å². The molecule has 1 unspecified atom stereocenters. The first kappa shape index (κ1) is 30.4. The van der Waals surface area contributed by atoms with Crippen LogP contribution < -0.4 is 109 Å². The molecule has 0 aliphatic heterocycles. The Balaban J connectivity index is -0.000000159. The molecule has 0 saturated carbocycles. The van der Waals surface area contributed by atoms with Crippen LogP contribution in [0, 0.1) is 0 Å². The number of nitrogens with two attached hydrogens (primary N) is 1. The van der Waals surface area contributed by atoms with Crippen LogP contribution in [0.5, 0.6) is 5.75 Å². The summed E-state index contributed by atoms with van der Waals surface area (Å²) < 4.78 is 8.55. The summed E-state index contributed by atoms with van der Waals surface area (Å²) in [5.41, 5.74) is 6.12. The van der Waals surface area contributed by atoms with Gasteiger partial charge in [0, 0.05) is 0 Å². The van der Waals surface area contributed by atoms with Crippen molar-refractivity contribution < 1.29 is 123 Å². The molecule has 0 spiro atoms. The molecule has 21 heavy (non-hydrogen) atoms. The van der Waals surface area contributed by atoms with E-state index in [4.69, 9.17) is 35.2 Å². The van der Waals surface area contributed by atoms with E-state index in [2.05, 4.69) is 0 Å². The van der Waals surface area contributed by atoms with Crippen LogP contribution in [0.3, 0.4) is 0 Å². The van der Waals surface area contributed by atoms with Gasteiger partial charge in [0.1, 0.15) is 11.8 Å². The fourth-order valence-corrected chi connectivity index (χ4v) is 0.973. The second kappa shape index (κ2) is 15.1. The Morgan fingerprint density at radius 1 is 1.14 bits per heavy atom. The Morgan fingerprint density at radius 2 is 1.48 bits per heavy atom. The molecule has 8 nitrogen and oxygen atoms in total. The van der Waals surface area contributed by atoms with Crippen LogP contribution in [0.2, 0.25) is 0 Å². The second-order valence-corrected chi connectivity index (χ2v) is 4.16. The zero-order chi connectivity index (χ0) is 14.3. The van der Waals surface area contributed by atoms with E-state index in [0.29, 0.717) is 0 Å². The van der Waals surface area contributed by atoms with E-state index in [1.807, 2.05) is 0 Å². The minimum absolute atomic E-state index is 0. The normalized spacial score (nSPS) is 10.5. The maximum absolute atomic E-state index is 10.4. The number of rotatable bonds is 3. The molecule has 102 valence electrons. The predicted octanol–water partition coefficient (Wildman–Crippen LogP) is -11.5. The van der Waals surface area contributed by atoms with Crippen molar-refractivity contribution in [2.75, 3.05) is 0 Å². The zero-order valence-electron chi connectivity index (χ0n) is 12.1. The number of carboxylic acid groups (broad SMARTS) is 1. The molecule has 4 N–H and O–H groups in total. The van der Waals surface area contributed by atoms with Crippen LogP contribution >= 0.6 is 7.82 Å². The molecule has 0 aliphatic carbocycles. The Bertz CT molecular complexity index is 431. The summed E-state index contributed by atoms with van der Waals surface area (Å²) in [4.78, 5) is 36.0. The molecule has 1 aromatic rings. The summed E-state index contributed by atoms with van der Waals surface area (Å²) in [6.45, 7) is 0. The van der Waals surface area contributed by atoms with E-state index in [1.54, 1.807) is 12.1 Å². The molecular formula is C9H11NNa3O7P. The van der Waals surface area contributed by atoms with Crippen molar-refractivity contribution in [1.82, 2.24) is 0 Å². The minimum atomic E-state index is -5.39. The molecule has 0 fully saturated rings. The maximum atomic E-state index is 10.4. The minimum Gasteiger partial charge on any atom is -0.822 e. The first-order chi connectivity index (χ1) is 8.09. The van der Waals surface area contributed by atoms with Crippen molar-refractivity contribution in [2.45, 2.75) is 12.5 Å². The van der Waals surface area contributed by atoms with Gasteiger partial charge in [0.25, 0.3) is 0 Å². The molecular weight excluding hydrogens is 334 g/mol. The third-order valence-corrected chi connectivity index (χ3v) is 1.71. The summed E-state index contributed by atoms with van der Waals surface area (Å²) in [6.07, 6.45) is 0.273. The number of hydrogen-bond acceptors (Lipinski definition) is 7. The molecule has 0 amide bonds. The van der Waals surface area contributed by atoms with Gasteiger partial charge in [-0.3, -0.25) is 4.79 Å². The maximum Gasteiger partial charge on any atom is 1.00 e. The number of aromatic hydroxyl groups is 1. The van der Waals surface area contributed by atoms with Crippen molar-refractivity contribution in [1.29, 1.82) is 0 Å². The van der Waals surface area contributed by atoms with Gasteiger partial charge in [-0.15, -0.1) is 0 Å². The Labute approximate surface area is 188 Å². The van der Waals surface area contributed by atoms with Gasteiger partial charge >= 0.3 is 94.6 Å². The summed E-state index contributed by atoms with van der Waals surface area (Å²) in [5.74, 6) is -0.860. The van der Waals surface area contributed by atoms with Crippen LogP contribution in [0.15, 0.2) is 24.3 Å². The van der Waals surface area contributed by atoms with Gasteiger partial charge in [0.2, 0.25) is 0 Å². The standard InChI is InChI=1S/C9H11NO3.3Na.H3O4P/c10-8(9(12)13)5-6-1-3-7(11)4-2-6;;;;1-5(2,3)4/h1-4,8,11H,5,10H2,(H,12,13);;;;(H3,1,2,3,4)/q;3*+1;/p-3. The number of phosphoric acid groups is 1. The topological polar surface area (TPSA) is 170 Å². The number of phenolic OH excluding ortho intramolecular Hbond substituents is 1. The average Bonchev–Trinajstić information content (AvgIpc) is 2.18. The van der Waals surface area contributed by atoms with E-state index in [9.17, 15) is 4.79 Å². The first-order valence-electron chi connectivity index (χ1n) is 4.59. The van der Waals surface area contributed by atoms with Crippen LogP contribution in [0.4, 0.5) is 0 Å². The molecule has 0 aromatic heterocycles. The van der Waals surface area contributed by atoms with E-state index in [-0.39, 0.29) is 101 Å². The first-order valence-corrected chi connectivity index (χ1v) is 6.05. The number of benzene rings is 1. The van der Waals surface area contributed by atoms with E-state index < -0.39 is 19.8 Å². The number of carboxylic acids is 1. The molecule has 0 radical (unpaired) electrons. The van der Waals surface area contributed by atoms with Crippen LogP contribution in [0.1, 0.15) is 5.56 Å². The smallest absolute Gasteiger partial charge is 0.822 e. The Morgan fingerprint density at radius 3 is 1.76 bits per heavy atom. The molecule has 12 heteroatoms. The third-order valence-electron chi connectivity index (χ3n) is 1.71. The molecule has 1 atom stereocenters. The monoisotopic (exact) mass is 345 g/mol. The summed E-state index contributed by atoms with van der Waals surface area (Å²) in [5, 5.41) is 17.5. The van der Waals surface area contributed by atoms with Gasteiger partial charge in [-0.25, -0.2) is 0 Å². The van der Waals surface area contributed by atoms with Gasteiger partial charge in [-0.2, -0.15) is 7.82 Å².